The zero-order chi connectivity index (χ0) is 22.9. The molecule has 4 aromatic rings. The lowest BCUT2D eigenvalue weighted by atomic mass is 10.1. The second kappa shape index (κ2) is 8.38. The molecule has 1 fully saturated rings. The Hall–Kier alpha value is -4.20. The van der Waals surface area contributed by atoms with Crippen molar-refractivity contribution < 1.29 is 9.31 Å². The van der Waals surface area contributed by atoms with Gasteiger partial charge in [0.2, 0.25) is 0 Å². The molecule has 7 nitrogen and oxygen atoms in total. The number of halogens is 1. The van der Waals surface area contributed by atoms with Crippen molar-refractivity contribution >= 4 is 28.0 Å². The number of piperazine rings is 1. The number of para-hydroxylation sites is 2. The Bertz CT molecular complexity index is 1380. The zero-order valence-electron chi connectivity index (χ0n) is 17.7. The summed E-state index contributed by atoms with van der Waals surface area (Å²) in [5, 5.41) is 12.8. The molecule has 3 aromatic carbocycles. The molecule has 1 aliphatic rings. The van der Waals surface area contributed by atoms with Crippen LogP contribution in [0.2, 0.25) is 0 Å². The normalized spacial score (nSPS) is 14.0. The third-order valence-electron chi connectivity index (χ3n) is 6.01. The number of nitro groups is 1. The van der Waals surface area contributed by atoms with Crippen LogP contribution in [0.3, 0.4) is 0 Å². The molecule has 0 radical (unpaired) electrons. The van der Waals surface area contributed by atoms with Crippen LogP contribution < -0.4 is 15.4 Å². The first-order valence-corrected chi connectivity index (χ1v) is 10.7. The van der Waals surface area contributed by atoms with Gasteiger partial charge in [0.1, 0.15) is 11.5 Å². The lowest BCUT2D eigenvalue weighted by Crippen LogP contribution is -2.47. The maximum Gasteiger partial charge on any atom is 0.358 e. The van der Waals surface area contributed by atoms with E-state index >= 15 is 0 Å². The summed E-state index contributed by atoms with van der Waals surface area (Å²) >= 11 is 0. The van der Waals surface area contributed by atoms with E-state index in [0.717, 1.165) is 5.69 Å². The minimum absolute atomic E-state index is 0.293. The quantitative estimate of drug-likeness (QED) is 0.345. The lowest BCUT2D eigenvalue weighted by molar-refractivity contribution is -0.385. The van der Waals surface area contributed by atoms with Crippen LogP contribution in [0.5, 0.6) is 0 Å². The highest BCUT2D eigenvalue weighted by Crippen LogP contribution is 2.35. The number of nitrogens with zero attached hydrogens (tertiary/aromatic N) is 4. The smallest absolute Gasteiger partial charge is 0.358 e. The van der Waals surface area contributed by atoms with Crippen LogP contribution in [0.1, 0.15) is 0 Å². The van der Waals surface area contributed by atoms with Crippen LogP contribution in [0.4, 0.5) is 21.5 Å². The maximum atomic E-state index is 13.5. The molecule has 166 valence electrons. The summed E-state index contributed by atoms with van der Waals surface area (Å²) in [5.41, 5.74) is 1.37. The average Bonchev–Trinajstić information content (AvgIpc) is 2.84. The van der Waals surface area contributed by atoms with Gasteiger partial charge in [-0.3, -0.25) is 19.5 Å². The third kappa shape index (κ3) is 3.69. The Kier molecular flexibility index (Phi) is 5.26. The Morgan fingerprint density at radius 2 is 1.36 bits per heavy atom. The molecule has 1 aliphatic heterocycles. The van der Waals surface area contributed by atoms with Crippen LogP contribution in [0.25, 0.3) is 16.6 Å². The molecule has 5 rings (SSSR count). The standard InChI is InChI=1S/C25H21FN4O3/c26-18-10-12-19(13-11-18)27-14-16-28(17-15-27)23-21-8-4-5-9-22(21)29(20-6-2-1-3-7-20)25(31)24(23)30(32)33/h1-13H,14-17H2. The van der Waals surface area contributed by atoms with Crippen molar-refractivity contribution in [1.82, 2.24) is 4.57 Å². The summed E-state index contributed by atoms with van der Waals surface area (Å²) in [4.78, 5) is 29.1. The van der Waals surface area contributed by atoms with Gasteiger partial charge in [0.15, 0.2) is 0 Å². The molecule has 0 N–H and O–H groups in total. The second-order valence-electron chi connectivity index (χ2n) is 7.90. The number of fused-ring (bicyclic) bond motifs is 1. The van der Waals surface area contributed by atoms with Gasteiger partial charge in [-0.2, -0.15) is 0 Å². The summed E-state index contributed by atoms with van der Waals surface area (Å²) in [6.45, 7) is 2.19. The minimum Gasteiger partial charge on any atom is -0.368 e. The molecule has 0 unspecified atom stereocenters. The van der Waals surface area contributed by atoms with Crippen LogP contribution in [-0.2, 0) is 0 Å². The van der Waals surface area contributed by atoms with Gasteiger partial charge in [-0.05, 0) is 42.5 Å². The highest BCUT2D eigenvalue weighted by atomic mass is 19.1. The molecule has 2 heterocycles. The largest absolute Gasteiger partial charge is 0.368 e. The molecular weight excluding hydrogens is 423 g/mol. The fourth-order valence-corrected chi connectivity index (χ4v) is 4.47. The minimum atomic E-state index is -0.652. The predicted octanol–water partition coefficient (Wildman–Crippen LogP) is 4.36. The van der Waals surface area contributed by atoms with Gasteiger partial charge in [0, 0.05) is 42.9 Å². The Balaban J connectivity index is 1.61. The van der Waals surface area contributed by atoms with E-state index in [2.05, 4.69) is 4.90 Å². The average molecular weight is 444 g/mol. The van der Waals surface area contributed by atoms with Gasteiger partial charge in [0.25, 0.3) is 0 Å². The number of anilines is 2. The van der Waals surface area contributed by atoms with E-state index in [9.17, 15) is 19.3 Å². The van der Waals surface area contributed by atoms with Gasteiger partial charge in [0.05, 0.1) is 10.4 Å². The van der Waals surface area contributed by atoms with Crippen molar-refractivity contribution in [1.29, 1.82) is 0 Å². The summed E-state index contributed by atoms with van der Waals surface area (Å²) < 4.78 is 14.7. The Labute approximate surface area is 189 Å². The Morgan fingerprint density at radius 3 is 2.03 bits per heavy atom. The highest BCUT2D eigenvalue weighted by Gasteiger charge is 2.31. The van der Waals surface area contributed by atoms with Gasteiger partial charge >= 0.3 is 11.2 Å². The first kappa shape index (κ1) is 20.7. The zero-order valence-corrected chi connectivity index (χ0v) is 17.7. The molecule has 0 aliphatic carbocycles. The molecule has 0 amide bonds. The lowest BCUT2D eigenvalue weighted by Gasteiger charge is -2.37. The number of benzene rings is 3. The van der Waals surface area contributed by atoms with E-state index in [0.29, 0.717) is 48.5 Å². The SMILES string of the molecule is O=c1c([N+](=O)[O-])c(N2CCN(c3ccc(F)cc3)CC2)c2ccccc2n1-c1ccccc1. The van der Waals surface area contributed by atoms with E-state index < -0.39 is 16.2 Å². The molecule has 8 heteroatoms. The number of rotatable bonds is 4. The summed E-state index contributed by atoms with van der Waals surface area (Å²) in [5.74, 6) is -0.293. The van der Waals surface area contributed by atoms with E-state index in [-0.39, 0.29) is 5.82 Å². The topological polar surface area (TPSA) is 71.6 Å². The molecular formula is C25H21FN4O3. The molecule has 0 saturated carbocycles. The fourth-order valence-electron chi connectivity index (χ4n) is 4.47. The molecule has 0 atom stereocenters. The number of aromatic nitrogens is 1. The fraction of sp³-hybridized carbons (Fsp3) is 0.160. The van der Waals surface area contributed by atoms with Gasteiger partial charge in [-0.1, -0.05) is 36.4 Å². The number of pyridine rings is 1. The van der Waals surface area contributed by atoms with Crippen LogP contribution >= 0.6 is 0 Å². The van der Waals surface area contributed by atoms with Crippen LogP contribution in [0.15, 0.2) is 83.7 Å². The van der Waals surface area contributed by atoms with E-state index in [1.54, 1.807) is 36.4 Å². The predicted molar refractivity (Wildman–Crippen MR) is 127 cm³/mol. The van der Waals surface area contributed by atoms with Gasteiger partial charge < -0.3 is 9.80 Å². The van der Waals surface area contributed by atoms with Crippen LogP contribution in [0, 0.1) is 15.9 Å². The summed E-state index contributed by atoms with van der Waals surface area (Å²) in [6, 6.07) is 22.5. The van der Waals surface area contributed by atoms with E-state index in [4.69, 9.17) is 0 Å². The molecule has 1 saturated heterocycles. The van der Waals surface area contributed by atoms with Crippen LogP contribution in [-0.4, -0.2) is 35.7 Å². The van der Waals surface area contributed by atoms with Crippen molar-refractivity contribution in [3.05, 3.63) is 105 Å². The number of hydrogen-bond donors (Lipinski definition) is 0. The van der Waals surface area contributed by atoms with Crippen molar-refractivity contribution in [2.24, 2.45) is 0 Å². The molecule has 33 heavy (non-hydrogen) atoms. The second-order valence-corrected chi connectivity index (χ2v) is 7.90. The monoisotopic (exact) mass is 444 g/mol. The van der Waals surface area contributed by atoms with E-state index in [1.165, 1.54) is 16.7 Å². The van der Waals surface area contributed by atoms with E-state index in [1.807, 2.05) is 35.2 Å². The summed E-state index contributed by atoms with van der Waals surface area (Å²) in [6.07, 6.45) is 0. The van der Waals surface area contributed by atoms with Crippen molar-refractivity contribution in [3.8, 4) is 5.69 Å². The van der Waals surface area contributed by atoms with Crippen molar-refractivity contribution in [2.45, 2.75) is 0 Å². The molecule has 1 aromatic heterocycles. The van der Waals surface area contributed by atoms with Gasteiger partial charge in [-0.15, -0.1) is 0 Å². The number of hydrogen-bond acceptors (Lipinski definition) is 5. The molecule has 0 spiro atoms. The van der Waals surface area contributed by atoms with Crippen molar-refractivity contribution in [2.75, 3.05) is 36.0 Å². The van der Waals surface area contributed by atoms with Gasteiger partial charge in [-0.25, -0.2) is 4.39 Å². The highest BCUT2D eigenvalue weighted by molar-refractivity contribution is 5.97. The first-order chi connectivity index (χ1) is 16.0. The van der Waals surface area contributed by atoms with Crippen molar-refractivity contribution in [3.63, 3.8) is 0 Å². The summed E-state index contributed by atoms with van der Waals surface area (Å²) in [7, 11) is 0. The third-order valence-corrected chi connectivity index (χ3v) is 6.01. The Morgan fingerprint density at radius 1 is 0.758 bits per heavy atom. The maximum absolute atomic E-state index is 13.5. The first-order valence-electron chi connectivity index (χ1n) is 10.7. The molecule has 0 bridgehead atoms.